The van der Waals surface area contributed by atoms with Crippen LogP contribution in [0.5, 0.6) is 5.75 Å². The molecule has 0 heterocycles. The molecule has 1 aromatic carbocycles. The number of phenolic OH excluding ortho intramolecular Hbond substituents is 1. The van der Waals surface area contributed by atoms with Crippen LogP contribution in [0.15, 0.2) is 12.1 Å². The lowest BCUT2D eigenvalue weighted by atomic mass is 10.1. The second-order valence-corrected chi connectivity index (χ2v) is 3.25. The fraction of sp³-hybridized carbons (Fsp3) is 0.250. The molecule has 0 amide bonds. The quantitative estimate of drug-likeness (QED) is 0.745. The van der Waals surface area contributed by atoms with Crippen molar-refractivity contribution in [2.75, 3.05) is 0 Å². The standard InChI is InChI=1S/C8H6ClF4NO/c9-4-1-3(6(15)2-5(4)10)7(14)8(11,12)13/h1-2,7,15H,14H2/t7-/m1/s1. The summed E-state index contributed by atoms with van der Waals surface area (Å²) in [6, 6.07) is -1.25. The summed E-state index contributed by atoms with van der Waals surface area (Å²) in [6.45, 7) is 0. The van der Waals surface area contributed by atoms with E-state index in [2.05, 4.69) is 0 Å². The average molecular weight is 244 g/mol. The minimum absolute atomic E-state index is 0.489. The zero-order chi connectivity index (χ0) is 11.8. The van der Waals surface area contributed by atoms with Crippen LogP contribution >= 0.6 is 11.6 Å². The average Bonchev–Trinajstić information content (AvgIpc) is 2.08. The fourth-order valence-corrected chi connectivity index (χ4v) is 1.15. The smallest absolute Gasteiger partial charge is 0.407 e. The van der Waals surface area contributed by atoms with E-state index in [4.69, 9.17) is 22.4 Å². The molecule has 0 unspecified atom stereocenters. The van der Waals surface area contributed by atoms with Gasteiger partial charge in [0.15, 0.2) is 0 Å². The van der Waals surface area contributed by atoms with Gasteiger partial charge in [0.1, 0.15) is 17.6 Å². The number of halogens is 5. The highest BCUT2D eigenvalue weighted by atomic mass is 35.5. The molecule has 0 aliphatic rings. The van der Waals surface area contributed by atoms with Gasteiger partial charge in [-0.15, -0.1) is 0 Å². The Morgan fingerprint density at radius 2 is 1.87 bits per heavy atom. The number of phenols is 1. The van der Waals surface area contributed by atoms with Crippen molar-refractivity contribution >= 4 is 11.6 Å². The number of hydrogen-bond acceptors (Lipinski definition) is 2. The summed E-state index contributed by atoms with van der Waals surface area (Å²) in [5.41, 5.74) is 4.17. The summed E-state index contributed by atoms with van der Waals surface area (Å²) in [4.78, 5) is 0. The van der Waals surface area contributed by atoms with Crippen molar-refractivity contribution in [1.82, 2.24) is 0 Å². The molecule has 0 aromatic heterocycles. The third-order valence-corrected chi connectivity index (χ3v) is 2.05. The van der Waals surface area contributed by atoms with Gasteiger partial charge in [-0.3, -0.25) is 0 Å². The molecule has 1 atom stereocenters. The Kier molecular flexibility index (Phi) is 3.11. The molecule has 0 aliphatic carbocycles. The maximum atomic E-state index is 12.7. The molecule has 15 heavy (non-hydrogen) atoms. The maximum Gasteiger partial charge on any atom is 0.407 e. The predicted octanol–water partition coefficient (Wildman–Crippen LogP) is 2.75. The Morgan fingerprint density at radius 1 is 1.33 bits per heavy atom. The molecule has 1 rings (SSSR count). The lowest BCUT2D eigenvalue weighted by Crippen LogP contribution is -2.28. The molecule has 0 fully saturated rings. The van der Waals surface area contributed by atoms with E-state index in [1.54, 1.807) is 0 Å². The van der Waals surface area contributed by atoms with Crippen LogP contribution in [0.4, 0.5) is 17.6 Å². The van der Waals surface area contributed by atoms with Gasteiger partial charge in [-0.25, -0.2) is 4.39 Å². The van der Waals surface area contributed by atoms with Crippen molar-refractivity contribution in [3.63, 3.8) is 0 Å². The van der Waals surface area contributed by atoms with Gasteiger partial charge in [0, 0.05) is 11.6 Å². The normalized spacial score (nSPS) is 14.0. The molecule has 3 N–H and O–H groups in total. The van der Waals surface area contributed by atoms with Crippen molar-refractivity contribution in [2.24, 2.45) is 5.73 Å². The lowest BCUT2D eigenvalue weighted by molar-refractivity contribution is -0.149. The van der Waals surface area contributed by atoms with Gasteiger partial charge in [0.25, 0.3) is 0 Å². The van der Waals surface area contributed by atoms with Crippen LogP contribution in [0.1, 0.15) is 11.6 Å². The molecule has 0 bridgehead atoms. The SMILES string of the molecule is N[C@H](c1cc(Cl)c(F)cc1O)C(F)(F)F. The summed E-state index contributed by atoms with van der Waals surface area (Å²) in [6.07, 6.45) is -4.72. The summed E-state index contributed by atoms with van der Waals surface area (Å²) in [5.74, 6) is -1.88. The van der Waals surface area contributed by atoms with E-state index >= 15 is 0 Å². The summed E-state index contributed by atoms with van der Waals surface area (Å²) >= 11 is 5.27. The molecule has 84 valence electrons. The predicted molar refractivity (Wildman–Crippen MR) is 46.1 cm³/mol. The molecule has 0 spiro atoms. The van der Waals surface area contributed by atoms with Crippen LogP contribution in [-0.2, 0) is 0 Å². The third-order valence-electron chi connectivity index (χ3n) is 1.76. The number of rotatable bonds is 1. The number of hydrogen-bond donors (Lipinski definition) is 2. The van der Waals surface area contributed by atoms with E-state index in [9.17, 15) is 17.6 Å². The van der Waals surface area contributed by atoms with Crippen LogP contribution < -0.4 is 5.73 Å². The number of alkyl halides is 3. The maximum absolute atomic E-state index is 12.7. The van der Waals surface area contributed by atoms with Gasteiger partial charge in [0.05, 0.1) is 5.02 Å². The highest BCUT2D eigenvalue weighted by Crippen LogP contribution is 2.37. The first-order valence-corrected chi connectivity index (χ1v) is 4.11. The van der Waals surface area contributed by atoms with Gasteiger partial charge in [-0.05, 0) is 6.07 Å². The molecular weight excluding hydrogens is 238 g/mol. The van der Waals surface area contributed by atoms with Crippen molar-refractivity contribution in [3.8, 4) is 5.75 Å². The molecule has 0 saturated carbocycles. The minimum atomic E-state index is -4.72. The second-order valence-electron chi connectivity index (χ2n) is 2.84. The number of aromatic hydroxyl groups is 1. The van der Waals surface area contributed by atoms with Crippen molar-refractivity contribution in [2.45, 2.75) is 12.2 Å². The second kappa shape index (κ2) is 3.86. The van der Waals surface area contributed by atoms with E-state index in [1.165, 1.54) is 0 Å². The zero-order valence-corrected chi connectivity index (χ0v) is 7.90. The first kappa shape index (κ1) is 12.1. The van der Waals surface area contributed by atoms with E-state index < -0.39 is 34.4 Å². The molecular formula is C8H6ClF4NO. The molecule has 0 radical (unpaired) electrons. The Morgan fingerprint density at radius 3 is 2.33 bits per heavy atom. The Bertz CT molecular complexity index is 380. The van der Waals surface area contributed by atoms with Crippen LogP contribution in [0.2, 0.25) is 5.02 Å². The monoisotopic (exact) mass is 243 g/mol. The van der Waals surface area contributed by atoms with Gasteiger partial charge in [-0.2, -0.15) is 13.2 Å². The van der Waals surface area contributed by atoms with E-state index in [0.717, 1.165) is 0 Å². The van der Waals surface area contributed by atoms with Gasteiger partial charge >= 0.3 is 6.18 Å². The van der Waals surface area contributed by atoms with E-state index in [1.807, 2.05) is 0 Å². The number of benzene rings is 1. The summed E-state index contributed by atoms with van der Waals surface area (Å²) in [5, 5.41) is 8.55. The fourth-order valence-electron chi connectivity index (χ4n) is 0.977. The molecule has 7 heteroatoms. The van der Waals surface area contributed by atoms with Crippen LogP contribution in [0.25, 0.3) is 0 Å². The highest BCUT2D eigenvalue weighted by molar-refractivity contribution is 6.30. The number of nitrogens with two attached hydrogens (primary N) is 1. The van der Waals surface area contributed by atoms with E-state index in [0.29, 0.717) is 12.1 Å². The van der Waals surface area contributed by atoms with Gasteiger partial charge in [-0.1, -0.05) is 11.6 Å². The van der Waals surface area contributed by atoms with Gasteiger partial charge < -0.3 is 10.8 Å². The first-order valence-electron chi connectivity index (χ1n) is 3.73. The molecule has 1 aromatic rings. The van der Waals surface area contributed by atoms with Crippen molar-refractivity contribution < 1.29 is 22.7 Å². The molecule has 2 nitrogen and oxygen atoms in total. The minimum Gasteiger partial charge on any atom is -0.507 e. The van der Waals surface area contributed by atoms with Crippen LogP contribution in [0, 0.1) is 5.82 Å². The topological polar surface area (TPSA) is 46.2 Å². The van der Waals surface area contributed by atoms with Crippen LogP contribution in [0.3, 0.4) is 0 Å². The molecule has 0 saturated heterocycles. The van der Waals surface area contributed by atoms with Gasteiger partial charge in [0.2, 0.25) is 0 Å². The largest absolute Gasteiger partial charge is 0.507 e. The first-order chi connectivity index (χ1) is 6.73. The Hall–Kier alpha value is -1.01. The summed E-state index contributed by atoms with van der Waals surface area (Å²) in [7, 11) is 0. The van der Waals surface area contributed by atoms with E-state index in [-0.39, 0.29) is 0 Å². The Balaban J connectivity index is 3.21. The molecule has 0 aliphatic heterocycles. The van der Waals surface area contributed by atoms with Crippen molar-refractivity contribution in [3.05, 3.63) is 28.5 Å². The lowest BCUT2D eigenvalue weighted by Gasteiger charge is -2.17. The Labute approximate surface area is 87.3 Å². The third kappa shape index (κ3) is 2.51. The van der Waals surface area contributed by atoms with Crippen LogP contribution in [-0.4, -0.2) is 11.3 Å². The summed E-state index contributed by atoms with van der Waals surface area (Å²) < 4.78 is 49.2. The highest BCUT2D eigenvalue weighted by Gasteiger charge is 2.39. The zero-order valence-electron chi connectivity index (χ0n) is 7.15. The van der Waals surface area contributed by atoms with Crippen molar-refractivity contribution in [1.29, 1.82) is 0 Å².